The molecule has 17 heavy (non-hydrogen) atoms. The largest absolute Gasteiger partial charge is 0.324 e. The first-order valence-corrected chi connectivity index (χ1v) is 6.28. The van der Waals surface area contributed by atoms with Crippen molar-refractivity contribution in [3.05, 3.63) is 52.0 Å². The van der Waals surface area contributed by atoms with Crippen LogP contribution in [0.15, 0.2) is 35.7 Å². The number of hydrogen-bond donors (Lipinski definition) is 1. The monoisotopic (exact) mass is 243 g/mol. The average molecular weight is 243 g/mol. The van der Waals surface area contributed by atoms with Crippen molar-refractivity contribution in [3.63, 3.8) is 0 Å². The molecule has 86 valence electrons. The van der Waals surface area contributed by atoms with Gasteiger partial charge in [-0.15, -0.1) is 11.3 Å². The first-order chi connectivity index (χ1) is 8.29. The van der Waals surface area contributed by atoms with Crippen LogP contribution in [0.3, 0.4) is 0 Å². The first-order valence-electron chi connectivity index (χ1n) is 5.40. The second kappa shape index (κ2) is 5.58. The first kappa shape index (κ1) is 11.8. The quantitative estimate of drug-likeness (QED) is 0.897. The predicted molar refractivity (Wildman–Crippen MR) is 68.5 cm³/mol. The highest BCUT2D eigenvalue weighted by molar-refractivity contribution is 7.09. The maximum atomic E-state index is 8.58. The van der Waals surface area contributed by atoms with Crippen molar-refractivity contribution in [2.24, 2.45) is 5.73 Å². The van der Waals surface area contributed by atoms with Gasteiger partial charge < -0.3 is 5.73 Å². The third kappa shape index (κ3) is 3.13. The van der Waals surface area contributed by atoms with E-state index in [1.165, 1.54) is 11.3 Å². The van der Waals surface area contributed by atoms with Gasteiger partial charge in [0.05, 0.1) is 18.2 Å². The Morgan fingerprint density at radius 3 is 2.82 bits per heavy atom. The lowest BCUT2D eigenvalue weighted by molar-refractivity contribution is 0.708. The molecule has 0 aliphatic carbocycles. The summed E-state index contributed by atoms with van der Waals surface area (Å²) in [4.78, 5) is 4.38. The molecule has 0 saturated heterocycles. The van der Waals surface area contributed by atoms with Crippen LogP contribution in [0.2, 0.25) is 0 Å². The van der Waals surface area contributed by atoms with Crippen LogP contribution in [-0.4, -0.2) is 4.98 Å². The molecule has 0 aliphatic heterocycles. The van der Waals surface area contributed by atoms with Crippen molar-refractivity contribution in [2.75, 3.05) is 0 Å². The van der Waals surface area contributed by atoms with Gasteiger partial charge in [0.15, 0.2) is 0 Å². The van der Waals surface area contributed by atoms with Crippen LogP contribution in [0.5, 0.6) is 0 Å². The minimum Gasteiger partial charge on any atom is -0.324 e. The lowest BCUT2D eigenvalue weighted by Gasteiger charge is -2.09. The Hall–Kier alpha value is -1.70. The van der Waals surface area contributed by atoms with Crippen LogP contribution >= 0.6 is 11.3 Å². The highest BCUT2D eigenvalue weighted by Crippen LogP contribution is 2.17. The highest BCUT2D eigenvalue weighted by Gasteiger charge is 2.09. The van der Waals surface area contributed by atoms with Crippen LogP contribution in [0.4, 0.5) is 0 Å². The summed E-state index contributed by atoms with van der Waals surface area (Å²) in [6, 6.07) is 12.1. The van der Waals surface area contributed by atoms with Crippen molar-refractivity contribution in [3.8, 4) is 6.07 Å². The van der Waals surface area contributed by atoms with Crippen LogP contribution in [0, 0.1) is 11.3 Å². The molecule has 0 fully saturated rings. The number of aromatic nitrogens is 1. The standard InChI is InChI=1S/C13H13N3S/c14-7-6-13-16-11(9-17-13)8-12(15)10-4-2-1-3-5-10/h1-5,9,12H,6,8,15H2. The van der Waals surface area contributed by atoms with Gasteiger partial charge in [0.1, 0.15) is 5.01 Å². The summed E-state index contributed by atoms with van der Waals surface area (Å²) in [7, 11) is 0. The minimum atomic E-state index is -0.0340. The van der Waals surface area contributed by atoms with Gasteiger partial charge in [-0.2, -0.15) is 5.26 Å². The zero-order valence-electron chi connectivity index (χ0n) is 9.34. The van der Waals surface area contributed by atoms with E-state index in [-0.39, 0.29) is 6.04 Å². The van der Waals surface area contributed by atoms with Gasteiger partial charge in [-0.05, 0) is 5.56 Å². The summed E-state index contributed by atoms with van der Waals surface area (Å²) >= 11 is 1.52. The Kier molecular flexibility index (Phi) is 3.86. The Morgan fingerprint density at radius 2 is 2.12 bits per heavy atom. The number of benzene rings is 1. The second-order valence-electron chi connectivity index (χ2n) is 3.79. The van der Waals surface area contributed by atoms with Gasteiger partial charge in [-0.1, -0.05) is 30.3 Å². The molecule has 4 heteroatoms. The van der Waals surface area contributed by atoms with E-state index in [1.807, 2.05) is 35.7 Å². The zero-order chi connectivity index (χ0) is 12.1. The molecule has 0 saturated carbocycles. The Morgan fingerprint density at radius 1 is 1.35 bits per heavy atom. The van der Waals surface area contributed by atoms with Crippen LogP contribution in [0.25, 0.3) is 0 Å². The van der Waals surface area contributed by atoms with E-state index in [2.05, 4.69) is 11.1 Å². The topological polar surface area (TPSA) is 62.7 Å². The summed E-state index contributed by atoms with van der Waals surface area (Å²) in [5.41, 5.74) is 8.19. The number of thiazole rings is 1. The van der Waals surface area contributed by atoms with Crippen LogP contribution in [-0.2, 0) is 12.8 Å². The molecule has 1 heterocycles. The number of rotatable bonds is 4. The van der Waals surface area contributed by atoms with Crippen molar-refractivity contribution >= 4 is 11.3 Å². The molecule has 0 amide bonds. The minimum absolute atomic E-state index is 0.0340. The third-order valence-corrected chi connectivity index (χ3v) is 3.38. The maximum Gasteiger partial charge on any atom is 0.107 e. The Labute approximate surface area is 105 Å². The van der Waals surface area contributed by atoms with E-state index < -0.39 is 0 Å². The van der Waals surface area contributed by atoms with Gasteiger partial charge in [0.25, 0.3) is 0 Å². The molecule has 0 radical (unpaired) electrons. The van der Waals surface area contributed by atoms with Crippen LogP contribution < -0.4 is 5.73 Å². The molecule has 3 nitrogen and oxygen atoms in total. The van der Waals surface area contributed by atoms with E-state index >= 15 is 0 Å². The average Bonchev–Trinajstić information content (AvgIpc) is 2.78. The SMILES string of the molecule is N#CCc1nc(CC(N)c2ccccc2)cs1. The summed E-state index contributed by atoms with van der Waals surface area (Å²) in [5.74, 6) is 0. The summed E-state index contributed by atoms with van der Waals surface area (Å²) in [5, 5.41) is 11.4. The van der Waals surface area contributed by atoms with Gasteiger partial charge in [0.2, 0.25) is 0 Å². The molecule has 0 aliphatic rings. The van der Waals surface area contributed by atoms with Gasteiger partial charge in [-0.3, -0.25) is 0 Å². The lowest BCUT2D eigenvalue weighted by atomic mass is 10.0. The second-order valence-corrected chi connectivity index (χ2v) is 4.73. The Balaban J connectivity index is 2.03. The Bertz CT molecular complexity index is 513. The molecule has 1 aromatic heterocycles. The van der Waals surface area contributed by atoms with Gasteiger partial charge in [-0.25, -0.2) is 4.98 Å². The van der Waals surface area contributed by atoms with E-state index in [1.54, 1.807) is 0 Å². The molecule has 0 spiro atoms. The van der Waals surface area contributed by atoms with Crippen molar-refractivity contribution < 1.29 is 0 Å². The van der Waals surface area contributed by atoms with Gasteiger partial charge >= 0.3 is 0 Å². The number of hydrogen-bond acceptors (Lipinski definition) is 4. The number of nitriles is 1. The normalized spacial score (nSPS) is 12.0. The van der Waals surface area contributed by atoms with Gasteiger partial charge in [0, 0.05) is 17.8 Å². The third-order valence-electron chi connectivity index (χ3n) is 2.49. The predicted octanol–water partition coefficient (Wildman–Crippen LogP) is 2.45. The zero-order valence-corrected chi connectivity index (χ0v) is 10.2. The lowest BCUT2D eigenvalue weighted by Crippen LogP contribution is -2.13. The highest BCUT2D eigenvalue weighted by atomic mass is 32.1. The van der Waals surface area contributed by atoms with Crippen molar-refractivity contribution in [1.82, 2.24) is 4.98 Å². The van der Waals surface area contributed by atoms with Crippen molar-refractivity contribution in [1.29, 1.82) is 5.26 Å². The summed E-state index contributed by atoms with van der Waals surface area (Å²) < 4.78 is 0. The smallest absolute Gasteiger partial charge is 0.107 e. The molecule has 2 N–H and O–H groups in total. The fraction of sp³-hybridized carbons (Fsp3) is 0.231. The molecule has 2 aromatic rings. The maximum absolute atomic E-state index is 8.58. The molecular formula is C13H13N3S. The number of nitrogens with zero attached hydrogens (tertiary/aromatic N) is 2. The molecule has 1 atom stereocenters. The van der Waals surface area contributed by atoms with E-state index in [0.29, 0.717) is 12.8 Å². The van der Waals surface area contributed by atoms with E-state index in [9.17, 15) is 0 Å². The summed E-state index contributed by atoms with van der Waals surface area (Å²) in [6.45, 7) is 0. The van der Waals surface area contributed by atoms with Crippen molar-refractivity contribution in [2.45, 2.75) is 18.9 Å². The molecule has 2 rings (SSSR count). The summed E-state index contributed by atoms with van der Waals surface area (Å²) in [6.07, 6.45) is 1.09. The molecule has 1 aromatic carbocycles. The van der Waals surface area contributed by atoms with Crippen LogP contribution in [0.1, 0.15) is 22.3 Å². The van der Waals surface area contributed by atoms with E-state index in [4.69, 9.17) is 11.0 Å². The molecule has 0 bridgehead atoms. The fourth-order valence-corrected chi connectivity index (χ4v) is 2.37. The molecule has 1 unspecified atom stereocenters. The van der Waals surface area contributed by atoms with E-state index in [0.717, 1.165) is 16.3 Å². The fourth-order valence-electron chi connectivity index (χ4n) is 1.63. The number of nitrogens with two attached hydrogens (primary N) is 1. The molecular weight excluding hydrogens is 230 g/mol.